The molecule has 1 atom stereocenters. The van der Waals surface area contributed by atoms with Crippen molar-refractivity contribution >= 4 is 21.4 Å². The van der Waals surface area contributed by atoms with Crippen LogP contribution in [0.25, 0.3) is 0 Å². The molecule has 0 aromatic heterocycles. The summed E-state index contributed by atoms with van der Waals surface area (Å²) in [5.74, 6) is -0.761. The van der Waals surface area contributed by atoms with Crippen LogP contribution in [-0.2, 0) is 21.6 Å². The van der Waals surface area contributed by atoms with Gasteiger partial charge in [-0.05, 0) is 42.8 Å². The Morgan fingerprint density at radius 2 is 1.62 bits per heavy atom. The smallest absolute Gasteiger partial charge is 0.384 e. The van der Waals surface area contributed by atoms with E-state index >= 15 is 0 Å². The summed E-state index contributed by atoms with van der Waals surface area (Å²) >= 11 is 5.74. The summed E-state index contributed by atoms with van der Waals surface area (Å²) in [6.45, 7) is 1.28. The molecule has 0 amide bonds. The number of benzene rings is 2. The standard InChI is InChI=1S/C16H14ClF3O3S/c1-15(21,11-5-7-13(17)8-6-11)10-24(22,23)14-4-2-3-12(9-14)16(18,19)20/h2-9,21H,10H2,1H3/t15-/m1/s1. The topological polar surface area (TPSA) is 54.4 Å². The van der Waals surface area contributed by atoms with Gasteiger partial charge in [0.25, 0.3) is 0 Å². The predicted octanol–water partition coefficient (Wildman–Crippen LogP) is 4.04. The Kier molecular flexibility index (Phi) is 4.99. The van der Waals surface area contributed by atoms with Crippen LogP contribution in [0.5, 0.6) is 0 Å². The minimum atomic E-state index is -4.65. The quantitative estimate of drug-likeness (QED) is 0.873. The fourth-order valence-corrected chi connectivity index (χ4v) is 4.00. The highest BCUT2D eigenvalue weighted by Gasteiger charge is 2.34. The zero-order valence-corrected chi connectivity index (χ0v) is 14.1. The van der Waals surface area contributed by atoms with Crippen LogP contribution in [0.15, 0.2) is 53.4 Å². The highest BCUT2D eigenvalue weighted by Crippen LogP contribution is 2.32. The maximum atomic E-state index is 12.7. The summed E-state index contributed by atoms with van der Waals surface area (Å²) in [6.07, 6.45) is -4.65. The number of aliphatic hydroxyl groups is 1. The molecule has 0 aliphatic heterocycles. The summed E-state index contributed by atoms with van der Waals surface area (Å²) in [4.78, 5) is -0.494. The van der Waals surface area contributed by atoms with E-state index in [-0.39, 0.29) is 0 Å². The Bertz CT molecular complexity index is 828. The van der Waals surface area contributed by atoms with Crippen LogP contribution in [0.1, 0.15) is 18.1 Å². The molecule has 0 saturated heterocycles. The number of rotatable bonds is 4. The van der Waals surface area contributed by atoms with Gasteiger partial charge in [-0.3, -0.25) is 0 Å². The minimum Gasteiger partial charge on any atom is -0.384 e. The molecule has 2 rings (SSSR count). The molecule has 130 valence electrons. The maximum absolute atomic E-state index is 12.7. The average Bonchev–Trinajstić information content (AvgIpc) is 2.46. The van der Waals surface area contributed by atoms with Gasteiger partial charge in [-0.2, -0.15) is 13.2 Å². The molecule has 0 heterocycles. The van der Waals surface area contributed by atoms with Gasteiger partial charge < -0.3 is 5.11 Å². The molecule has 0 saturated carbocycles. The summed E-state index contributed by atoms with van der Waals surface area (Å²) in [5, 5.41) is 10.9. The summed E-state index contributed by atoms with van der Waals surface area (Å²) in [5.41, 5.74) is -2.55. The average molecular weight is 379 g/mol. The molecule has 0 bridgehead atoms. The molecule has 0 radical (unpaired) electrons. The van der Waals surface area contributed by atoms with Crippen molar-refractivity contribution in [2.45, 2.75) is 23.6 Å². The van der Waals surface area contributed by atoms with Crippen molar-refractivity contribution in [1.29, 1.82) is 0 Å². The highest BCUT2D eigenvalue weighted by molar-refractivity contribution is 7.91. The fraction of sp³-hybridized carbons (Fsp3) is 0.250. The first-order valence-corrected chi connectivity index (χ1v) is 8.83. The van der Waals surface area contributed by atoms with Crippen molar-refractivity contribution in [2.24, 2.45) is 0 Å². The maximum Gasteiger partial charge on any atom is 0.416 e. The summed E-state index contributed by atoms with van der Waals surface area (Å²) in [6, 6.07) is 9.34. The highest BCUT2D eigenvalue weighted by atomic mass is 35.5. The van der Waals surface area contributed by atoms with E-state index in [9.17, 15) is 26.7 Å². The molecule has 0 spiro atoms. The normalized spacial score (nSPS) is 15.1. The third kappa shape index (κ3) is 4.28. The van der Waals surface area contributed by atoms with Crippen molar-refractivity contribution < 1.29 is 26.7 Å². The number of hydrogen-bond acceptors (Lipinski definition) is 3. The molecule has 0 fully saturated rings. The van der Waals surface area contributed by atoms with Gasteiger partial charge >= 0.3 is 6.18 Å². The SMILES string of the molecule is C[C@@](O)(CS(=O)(=O)c1cccc(C(F)(F)F)c1)c1ccc(Cl)cc1. The van der Waals surface area contributed by atoms with Crippen molar-refractivity contribution in [3.8, 4) is 0 Å². The monoisotopic (exact) mass is 378 g/mol. The lowest BCUT2D eigenvalue weighted by atomic mass is 9.98. The molecule has 3 nitrogen and oxygen atoms in total. The van der Waals surface area contributed by atoms with Crippen LogP contribution in [-0.4, -0.2) is 19.3 Å². The number of halogens is 4. The Labute approximate surface area is 142 Å². The molecular formula is C16H14ClF3O3S. The van der Waals surface area contributed by atoms with E-state index < -0.39 is 37.8 Å². The lowest BCUT2D eigenvalue weighted by Crippen LogP contribution is -2.31. The van der Waals surface area contributed by atoms with Crippen molar-refractivity contribution in [1.82, 2.24) is 0 Å². The van der Waals surface area contributed by atoms with Gasteiger partial charge in [0.2, 0.25) is 0 Å². The summed E-state index contributed by atoms with van der Waals surface area (Å²) < 4.78 is 63.0. The van der Waals surface area contributed by atoms with Gasteiger partial charge in [-0.1, -0.05) is 29.8 Å². The van der Waals surface area contributed by atoms with Crippen LogP contribution < -0.4 is 0 Å². The van der Waals surface area contributed by atoms with E-state index in [1.54, 1.807) is 0 Å². The van der Waals surface area contributed by atoms with E-state index in [1.807, 2.05) is 0 Å². The lowest BCUT2D eigenvalue weighted by molar-refractivity contribution is -0.137. The van der Waals surface area contributed by atoms with Gasteiger partial charge in [-0.15, -0.1) is 0 Å². The predicted molar refractivity (Wildman–Crippen MR) is 84.5 cm³/mol. The van der Waals surface area contributed by atoms with E-state index in [4.69, 9.17) is 11.6 Å². The second-order valence-electron chi connectivity index (χ2n) is 5.57. The van der Waals surface area contributed by atoms with E-state index in [0.29, 0.717) is 16.7 Å². The molecule has 0 aliphatic carbocycles. The Morgan fingerprint density at radius 3 is 2.17 bits per heavy atom. The van der Waals surface area contributed by atoms with Crippen LogP contribution in [0.2, 0.25) is 5.02 Å². The molecule has 0 unspecified atom stereocenters. The minimum absolute atomic E-state index is 0.294. The van der Waals surface area contributed by atoms with E-state index in [2.05, 4.69) is 0 Å². The first-order valence-electron chi connectivity index (χ1n) is 6.80. The molecule has 8 heteroatoms. The first kappa shape index (κ1) is 18.8. The fourth-order valence-electron chi connectivity index (χ4n) is 2.21. The van der Waals surface area contributed by atoms with E-state index in [1.165, 1.54) is 31.2 Å². The largest absolute Gasteiger partial charge is 0.416 e. The zero-order chi connectivity index (χ0) is 18.2. The molecule has 1 N–H and O–H groups in total. The lowest BCUT2D eigenvalue weighted by Gasteiger charge is -2.24. The van der Waals surface area contributed by atoms with E-state index in [0.717, 1.165) is 18.2 Å². The Balaban J connectivity index is 2.36. The molecule has 2 aromatic rings. The van der Waals surface area contributed by atoms with Crippen LogP contribution in [0.4, 0.5) is 13.2 Å². The zero-order valence-electron chi connectivity index (χ0n) is 12.5. The van der Waals surface area contributed by atoms with Crippen molar-refractivity contribution in [3.63, 3.8) is 0 Å². The van der Waals surface area contributed by atoms with Gasteiger partial charge in [0.1, 0.15) is 5.60 Å². The second-order valence-corrected chi connectivity index (χ2v) is 7.99. The molecule has 2 aromatic carbocycles. The molecule has 24 heavy (non-hydrogen) atoms. The summed E-state index contributed by atoms with van der Waals surface area (Å²) in [7, 11) is -4.14. The molecule has 0 aliphatic rings. The number of alkyl halides is 3. The Morgan fingerprint density at radius 1 is 1.04 bits per heavy atom. The van der Waals surface area contributed by atoms with Gasteiger partial charge in [0.15, 0.2) is 9.84 Å². The first-order chi connectivity index (χ1) is 10.9. The van der Waals surface area contributed by atoms with Gasteiger partial charge in [0, 0.05) is 5.02 Å². The van der Waals surface area contributed by atoms with Crippen LogP contribution in [0.3, 0.4) is 0 Å². The van der Waals surface area contributed by atoms with Crippen LogP contribution >= 0.6 is 11.6 Å². The van der Waals surface area contributed by atoms with Crippen LogP contribution in [0, 0.1) is 0 Å². The number of hydrogen-bond donors (Lipinski definition) is 1. The van der Waals surface area contributed by atoms with Gasteiger partial charge in [0.05, 0.1) is 16.2 Å². The number of sulfone groups is 1. The van der Waals surface area contributed by atoms with Crippen molar-refractivity contribution in [2.75, 3.05) is 5.75 Å². The molecular weight excluding hydrogens is 365 g/mol. The second kappa shape index (κ2) is 6.38. The Hall–Kier alpha value is -1.57. The third-order valence-electron chi connectivity index (χ3n) is 3.46. The third-order valence-corrected chi connectivity index (χ3v) is 5.62. The van der Waals surface area contributed by atoms with Crippen molar-refractivity contribution in [3.05, 3.63) is 64.7 Å². The van der Waals surface area contributed by atoms with Gasteiger partial charge in [-0.25, -0.2) is 8.42 Å².